The van der Waals surface area contributed by atoms with Gasteiger partial charge in [-0.15, -0.1) is 0 Å². The van der Waals surface area contributed by atoms with Crippen molar-refractivity contribution in [3.05, 3.63) is 71.6 Å². The van der Waals surface area contributed by atoms with Crippen LogP contribution >= 0.6 is 0 Å². The van der Waals surface area contributed by atoms with E-state index in [1.165, 1.54) is 36.6 Å². The van der Waals surface area contributed by atoms with E-state index in [0.717, 1.165) is 43.8 Å². The Hall–Kier alpha value is -2.66. The minimum Gasteiger partial charge on any atom is -0.497 e. The van der Waals surface area contributed by atoms with Crippen molar-refractivity contribution < 1.29 is 13.9 Å². The molecule has 1 heterocycles. The topological polar surface area (TPSA) is 41.6 Å². The van der Waals surface area contributed by atoms with E-state index in [1.807, 2.05) is 12.1 Å². The molecular weight excluding hydrogens is 379 g/mol. The first-order chi connectivity index (χ1) is 14.6. The fourth-order valence-electron chi connectivity index (χ4n) is 3.84. The molecule has 1 aliphatic heterocycles. The lowest BCUT2D eigenvalue weighted by atomic mass is 9.89. The number of methoxy groups -OCH3 is 1. The number of carbonyl (C=O) groups is 1. The minimum atomic E-state index is -0.276. The van der Waals surface area contributed by atoms with E-state index in [9.17, 15) is 9.18 Å². The Morgan fingerprint density at radius 2 is 1.80 bits per heavy atom. The Morgan fingerprint density at radius 3 is 2.47 bits per heavy atom. The number of halogens is 1. The first kappa shape index (κ1) is 22.0. The standard InChI is InChI=1S/C25H31FN2O2/c1-30-24-11-7-21(8-12-24)22-14-18-28(19-15-22)17-3-2-16-27-25(29)13-6-20-4-9-23(26)10-5-20/h4-13,22H,2-3,14-19H2,1H3,(H,27,29)/b13-6+. The molecular formula is C25H31FN2O2. The highest BCUT2D eigenvalue weighted by molar-refractivity contribution is 5.91. The Bertz CT molecular complexity index is 810. The number of benzene rings is 2. The van der Waals surface area contributed by atoms with E-state index in [-0.39, 0.29) is 11.7 Å². The third-order valence-electron chi connectivity index (χ3n) is 5.67. The third-order valence-corrected chi connectivity index (χ3v) is 5.67. The Balaban J connectivity index is 1.27. The van der Waals surface area contributed by atoms with Crippen molar-refractivity contribution in [1.29, 1.82) is 0 Å². The number of nitrogens with zero attached hydrogens (tertiary/aromatic N) is 1. The summed E-state index contributed by atoms with van der Waals surface area (Å²) < 4.78 is 18.1. The predicted molar refractivity (Wildman–Crippen MR) is 119 cm³/mol. The molecule has 1 saturated heterocycles. The van der Waals surface area contributed by atoms with Crippen LogP contribution in [0.15, 0.2) is 54.6 Å². The molecule has 160 valence electrons. The van der Waals surface area contributed by atoms with E-state index >= 15 is 0 Å². The van der Waals surface area contributed by atoms with Crippen LogP contribution in [0, 0.1) is 5.82 Å². The van der Waals surface area contributed by atoms with Crippen LogP contribution in [-0.2, 0) is 4.79 Å². The summed E-state index contributed by atoms with van der Waals surface area (Å²) in [6.07, 6.45) is 7.62. The molecule has 2 aromatic carbocycles. The number of carbonyl (C=O) groups excluding carboxylic acids is 1. The zero-order valence-corrected chi connectivity index (χ0v) is 17.6. The van der Waals surface area contributed by atoms with Gasteiger partial charge < -0.3 is 15.0 Å². The van der Waals surface area contributed by atoms with E-state index in [1.54, 1.807) is 25.3 Å². The highest BCUT2D eigenvalue weighted by Gasteiger charge is 2.20. The molecule has 30 heavy (non-hydrogen) atoms. The fraction of sp³-hybridized carbons (Fsp3) is 0.400. The summed E-state index contributed by atoms with van der Waals surface area (Å²) in [5.41, 5.74) is 2.22. The summed E-state index contributed by atoms with van der Waals surface area (Å²) in [6.45, 7) is 4.01. The summed E-state index contributed by atoms with van der Waals surface area (Å²) in [5, 5.41) is 2.91. The molecule has 1 amide bonds. The quantitative estimate of drug-likeness (QED) is 0.484. The van der Waals surface area contributed by atoms with Crippen molar-refractivity contribution in [2.45, 2.75) is 31.6 Å². The Labute approximate surface area is 178 Å². The minimum absolute atomic E-state index is 0.111. The molecule has 2 aromatic rings. The van der Waals surface area contributed by atoms with Crippen molar-refractivity contribution in [3.8, 4) is 5.75 Å². The molecule has 1 N–H and O–H groups in total. The number of likely N-dealkylation sites (tertiary alicyclic amines) is 1. The van der Waals surface area contributed by atoms with Gasteiger partial charge in [0.05, 0.1) is 7.11 Å². The van der Waals surface area contributed by atoms with Crippen LogP contribution < -0.4 is 10.1 Å². The van der Waals surface area contributed by atoms with Crippen molar-refractivity contribution in [2.24, 2.45) is 0 Å². The van der Waals surface area contributed by atoms with Crippen molar-refractivity contribution in [1.82, 2.24) is 10.2 Å². The molecule has 0 atom stereocenters. The molecule has 1 fully saturated rings. The normalized spacial score (nSPS) is 15.4. The lowest BCUT2D eigenvalue weighted by Crippen LogP contribution is -2.34. The second-order valence-corrected chi connectivity index (χ2v) is 7.77. The maximum absolute atomic E-state index is 12.9. The molecule has 0 radical (unpaired) electrons. The second-order valence-electron chi connectivity index (χ2n) is 7.77. The maximum atomic E-state index is 12.9. The fourth-order valence-corrected chi connectivity index (χ4v) is 3.84. The molecule has 5 heteroatoms. The van der Waals surface area contributed by atoms with Crippen LogP contribution in [0.5, 0.6) is 5.75 Å². The van der Waals surface area contributed by atoms with Gasteiger partial charge in [-0.2, -0.15) is 0 Å². The number of unbranched alkanes of at least 4 members (excludes halogenated alkanes) is 1. The zero-order valence-electron chi connectivity index (χ0n) is 17.6. The molecule has 3 rings (SSSR count). The van der Waals surface area contributed by atoms with Crippen LogP contribution in [0.1, 0.15) is 42.7 Å². The first-order valence-electron chi connectivity index (χ1n) is 10.7. The largest absolute Gasteiger partial charge is 0.497 e. The van der Waals surface area contributed by atoms with Crippen LogP contribution in [0.4, 0.5) is 4.39 Å². The number of amides is 1. The average molecular weight is 411 g/mol. The molecule has 0 spiro atoms. The molecule has 4 nitrogen and oxygen atoms in total. The average Bonchev–Trinajstić information content (AvgIpc) is 2.79. The zero-order chi connectivity index (χ0) is 21.2. The Kier molecular flexibility index (Phi) is 8.45. The van der Waals surface area contributed by atoms with Gasteiger partial charge in [-0.3, -0.25) is 4.79 Å². The van der Waals surface area contributed by atoms with Gasteiger partial charge in [0.1, 0.15) is 11.6 Å². The van der Waals surface area contributed by atoms with Gasteiger partial charge in [0.25, 0.3) is 0 Å². The lowest BCUT2D eigenvalue weighted by Gasteiger charge is -2.32. The maximum Gasteiger partial charge on any atom is 0.243 e. The number of piperidine rings is 1. The van der Waals surface area contributed by atoms with E-state index in [2.05, 4.69) is 22.3 Å². The highest BCUT2D eigenvalue weighted by atomic mass is 19.1. The van der Waals surface area contributed by atoms with Gasteiger partial charge in [0.2, 0.25) is 5.91 Å². The molecule has 0 aromatic heterocycles. The van der Waals surface area contributed by atoms with Gasteiger partial charge in [-0.05, 0) is 92.7 Å². The van der Waals surface area contributed by atoms with Gasteiger partial charge in [0.15, 0.2) is 0 Å². The van der Waals surface area contributed by atoms with Crippen LogP contribution in [0.3, 0.4) is 0 Å². The van der Waals surface area contributed by atoms with Crippen LogP contribution in [0.2, 0.25) is 0 Å². The van der Waals surface area contributed by atoms with E-state index < -0.39 is 0 Å². The molecule has 0 unspecified atom stereocenters. The summed E-state index contributed by atoms with van der Waals surface area (Å²) >= 11 is 0. The van der Waals surface area contributed by atoms with Gasteiger partial charge in [-0.25, -0.2) is 4.39 Å². The van der Waals surface area contributed by atoms with Crippen molar-refractivity contribution in [2.75, 3.05) is 33.3 Å². The molecule has 1 aliphatic rings. The SMILES string of the molecule is COc1ccc(C2CCN(CCCCNC(=O)/C=C/c3ccc(F)cc3)CC2)cc1. The lowest BCUT2D eigenvalue weighted by molar-refractivity contribution is -0.116. The summed E-state index contributed by atoms with van der Waals surface area (Å²) in [6, 6.07) is 14.5. The van der Waals surface area contributed by atoms with Crippen LogP contribution in [0.25, 0.3) is 6.08 Å². The molecule has 0 aliphatic carbocycles. The van der Waals surface area contributed by atoms with Crippen molar-refractivity contribution >= 4 is 12.0 Å². The van der Waals surface area contributed by atoms with E-state index in [4.69, 9.17) is 4.74 Å². The number of nitrogens with one attached hydrogen (secondary N) is 1. The Morgan fingerprint density at radius 1 is 1.10 bits per heavy atom. The van der Waals surface area contributed by atoms with Crippen LogP contribution in [-0.4, -0.2) is 44.1 Å². The van der Waals surface area contributed by atoms with Gasteiger partial charge >= 0.3 is 0 Å². The van der Waals surface area contributed by atoms with Gasteiger partial charge in [-0.1, -0.05) is 24.3 Å². The third kappa shape index (κ3) is 6.99. The van der Waals surface area contributed by atoms with E-state index in [0.29, 0.717) is 12.5 Å². The summed E-state index contributed by atoms with van der Waals surface area (Å²) in [5.74, 6) is 1.16. The number of hydrogen-bond donors (Lipinski definition) is 1. The summed E-state index contributed by atoms with van der Waals surface area (Å²) in [4.78, 5) is 14.4. The highest BCUT2D eigenvalue weighted by Crippen LogP contribution is 2.29. The van der Waals surface area contributed by atoms with Gasteiger partial charge in [0, 0.05) is 12.6 Å². The predicted octanol–water partition coefficient (Wildman–Crippen LogP) is 4.62. The number of ether oxygens (including phenoxy) is 1. The first-order valence-corrected chi connectivity index (χ1v) is 10.7. The number of hydrogen-bond acceptors (Lipinski definition) is 3. The summed E-state index contributed by atoms with van der Waals surface area (Å²) in [7, 11) is 1.70. The van der Waals surface area contributed by atoms with Crippen molar-refractivity contribution in [3.63, 3.8) is 0 Å². The number of rotatable bonds is 9. The molecule has 0 bridgehead atoms. The smallest absolute Gasteiger partial charge is 0.243 e. The second kappa shape index (κ2) is 11.5. The monoisotopic (exact) mass is 410 g/mol. The molecule has 0 saturated carbocycles.